The Morgan fingerprint density at radius 3 is 2.94 bits per heavy atom. The zero-order valence-electron chi connectivity index (χ0n) is 9.68. The van der Waals surface area contributed by atoms with Crippen LogP contribution in [0.5, 0.6) is 0 Å². The summed E-state index contributed by atoms with van der Waals surface area (Å²) in [6.07, 6.45) is 4.79. The second-order valence-corrected chi connectivity index (χ2v) is 4.57. The van der Waals surface area contributed by atoms with Gasteiger partial charge in [-0.15, -0.1) is 0 Å². The molecule has 0 bridgehead atoms. The zero-order chi connectivity index (χ0) is 12.3. The molecule has 17 heavy (non-hydrogen) atoms. The van der Waals surface area contributed by atoms with Crippen LogP contribution in [0.1, 0.15) is 23.7 Å². The summed E-state index contributed by atoms with van der Waals surface area (Å²) in [7, 11) is 1.89. The molecular weight excluding hydrogens is 236 g/mol. The molecule has 0 amide bonds. The van der Waals surface area contributed by atoms with Crippen molar-refractivity contribution in [1.29, 1.82) is 0 Å². The van der Waals surface area contributed by atoms with Crippen molar-refractivity contribution >= 4 is 11.6 Å². The quantitative estimate of drug-likeness (QED) is 0.906. The summed E-state index contributed by atoms with van der Waals surface area (Å²) in [4.78, 5) is 0. The van der Waals surface area contributed by atoms with E-state index in [4.69, 9.17) is 11.6 Å². The van der Waals surface area contributed by atoms with Crippen LogP contribution in [0.3, 0.4) is 0 Å². The summed E-state index contributed by atoms with van der Waals surface area (Å²) in [5.74, 6) is 0. The zero-order valence-corrected chi connectivity index (χ0v) is 10.4. The van der Waals surface area contributed by atoms with Gasteiger partial charge in [-0.25, -0.2) is 0 Å². The molecule has 1 aromatic carbocycles. The second kappa shape index (κ2) is 5.34. The number of halogens is 1. The Hall–Kier alpha value is -1.32. The van der Waals surface area contributed by atoms with Crippen molar-refractivity contribution in [3.8, 4) is 0 Å². The molecule has 1 heterocycles. The van der Waals surface area contributed by atoms with E-state index in [-0.39, 0.29) is 0 Å². The summed E-state index contributed by atoms with van der Waals surface area (Å²) < 4.78 is 1.76. The number of hydrogen-bond acceptors (Lipinski definition) is 2. The van der Waals surface area contributed by atoms with Crippen LogP contribution in [0.4, 0.5) is 0 Å². The molecule has 3 nitrogen and oxygen atoms in total. The molecule has 1 unspecified atom stereocenters. The number of nitrogens with zero attached hydrogens (tertiary/aromatic N) is 2. The molecule has 0 spiro atoms. The topological polar surface area (TPSA) is 38.0 Å². The lowest BCUT2D eigenvalue weighted by molar-refractivity contribution is 0.168. The van der Waals surface area contributed by atoms with Crippen molar-refractivity contribution in [2.24, 2.45) is 7.05 Å². The molecule has 1 aromatic heterocycles. The molecule has 2 rings (SSSR count). The van der Waals surface area contributed by atoms with Crippen LogP contribution in [-0.2, 0) is 13.5 Å². The minimum absolute atomic E-state index is 0.478. The van der Waals surface area contributed by atoms with Gasteiger partial charge >= 0.3 is 0 Å². The van der Waals surface area contributed by atoms with Gasteiger partial charge in [0.05, 0.1) is 12.3 Å². The van der Waals surface area contributed by atoms with Crippen molar-refractivity contribution in [2.45, 2.75) is 18.9 Å². The fourth-order valence-electron chi connectivity index (χ4n) is 1.78. The van der Waals surface area contributed by atoms with E-state index < -0.39 is 6.10 Å². The number of aliphatic hydroxyl groups is 1. The van der Waals surface area contributed by atoms with E-state index in [1.54, 1.807) is 16.8 Å². The third-order valence-electron chi connectivity index (χ3n) is 2.70. The Balaban J connectivity index is 1.95. The molecule has 0 saturated carbocycles. The summed E-state index contributed by atoms with van der Waals surface area (Å²) in [5, 5.41) is 14.8. The van der Waals surface area contributed by atoms with Crippen LogP contribution in [0, 0.1) is 0 Å². The lowest BCUT2D eigenvalue weighted by atomic mass is 10.0. The van der Waals surface area contributed by atoms with E-state index in [0.29, 0.717) is 11.4 Å². The largest absolute Gasteiger partial charge is 0.388 e. The number of aliphatic hydroxyl groups excluding tert-OH is 1. The Bertz CT molecular complexity index is 496. The van der Waals surface area contributed by atoms with Crippen molar-refractivity contribution in [3.05, 3.63) is 52.8 Å². The number of hydrogen-bond donors (Lipinski definition) is 1. The average molecular weight is 251 g/mol. The van der Waals surface area contributed by atoms with Gasteiger partial charge in [0.2, 0.25) is 0 Å². The van der Waals surface area contributed by atoms with Crippen molar-refractivity contribution in [1.82, 2.24) is 9.78 Å². The van der Waals surface area contributed by atoms with Crippen LogP contribution >= 0.6 is 11.6 Å². The van der Waals surface area contributed by atoms with E-state index in [0.717, 1.165) is 17.5 Å². The first-order valence-electron chi connectivity index (χ1n) is 5.56. The predicted octanol–water partition coefficient (Wildman–Crippen LogP) is 2.74. The molecule has 1 atom stereocenters. The third-order valence-corrected chi connectivity index (χ3v) is 2.93. The highest BCUT2D eigenvalue weighted by atomic mass is 35.5. The fourth-order valence-corrected chi connectivity index (χ4v) is 1.98. The Labute approximate surface area is 106 Å². The lowest BCUT2D eigenvalue weighted by Crippen LogP contribution is -1.99. The molecule has 0 radical (unpaired) electrons. The maximum absolute atomic E-state index is 10.0. The van der Waals surface area contributed by atoms with Crippen molar-refractivity contribution < 1.29 is 5.11 Å². The Morgan fingerprint density at radius 1 is 1.47 bits per heavy atom. The molecule has 1 N–H and O–H groups in total. The second-order valence-electron chi connectivity index (χ2n) is 4.13. The standard InChI is InChI=1S/C13H15ClN2O/c1-16-9-10(8-15-16)5-6-13(17)11-3-2-4-12(14)7-11/h2-4,7-9,13,17H,5-6H2,1H3. The highest BCUT2D eigenvalue weighted by Gasteiger charge is 2.08. The van der Waals surface area contributed by atoms with Crippen LogP contribution in [-0.4, -0.2) is 14.9 Å². The van der Waals surface area contributed by atoms with Crippen LogP contribution in [0.25, 0.3) is 0 Å². The van der Waals surface area contributed by atoms with E-state index >= 15 is 0 Å². The predicted molar refractivity (Wildman–Crippen MR) is 67.9 cm³/mol. The smallest absolute Gasteiger partial charge is 0.0793 e. The van der Waals surface area contributed by atoms with Gasteiger partial charge < -0.3 is 5.11 Å². The summed E-state index contributed by atoms with van der Waals surface area (Å²) in [5.41, 5.74) is 2.00. The van der Waals surface area contributed by atoms with Gasteiger partial charge in [0.1, 0.15) is 0 Å². The number of aryl methyl sites for hydroxylation is 2. The fraction of sp³-hybridized carbons (Fsp3) is 0.308. The molecule has 0 saturated heterocycles. The van der Waals surface area contributed by atoms with Crippen LogP contribution in [0.2, 0.25) is 5.02 Å². The highest BCUT2D eigenvalue weighted by molar-refractivity contribution is 6.30. The van der Waals surface area contributed by atoms with Gasteiger partial charge in [-0.05, 0) is 36.1 Å². The molecule has 0 aliphatic heterocycles. The SMILES string of the molecule is Cn1cc(CCC(O)c2cccc(Cl)c2)cn1. The lowest BCUT2D eigenvalue weighted by Gasteiger charge is -2.10. The van der Waals surface area contributed by atoms with E-state index in [1.807, 2.05) is 31.6 Å². The molecular formula is C13H15ClN2O. The molecule has 2 aromatic rings. The minimum atomic E-state index is -0.478. The number of aromatic nitrogens is 2. The maximum atomic E-state index is 10.0. The monoisotopic (exact) mass is 250 g/mol. The summed E-state index contributed by atoms with van der Waals surface area (Å²) >= 11 is 5.88. The number of rotatable bonds is 4. The first-order chi connectivity index (χ1) is 8.15. The van der Waals surface area contributed by atoms with Gasteiger partial charge in [-0.1, -0.05) is 23.7 Å². The van der Waals surface area contributed by atoms with Gasteiger partial charge in [0, 0.05) is 18.3 Å². The van der Waals surface area contributed by atoms with E-state index in [1.165, 1.54) is 0 Å². The van der Waals surface area contributed by atoms with Crippen LogP contribution < -0.4 is 0 Å². The summed E-state index contributed by atoms with van der Waals surface area (Å²) in [6, 6.07) is 7.35. The van der Waals surface area contributed by atoms with E-state index in [9.17, 15) is 5.11 Å². The third kappa shape index (κ3) is 3.32. The van der Waals surface area contributed by atoms with E-state index in [2.05, 4.69) is 5.10 Å². The molecule has 0 aliphatic carbocycles. The average Bonchev–Trinajstić information content (AvgIpc) is 2.72. The van der Waals surface area contributed by atoms with Gasteiger partial charge in [-0.3, -0.25) is 4.68 Å². The highest BCUT2D eigenvalue weighted by Crippen LogP contribution is 2.21. The Morgan fingerprint density at radius 2 is 2.29 bits per heavy atom. The molecule has 0 fully saturated rings. The van der Waals surface area contributed by atoms with Crippen molar-refractivity contribution in [3.63, 3.8) is 0 Å². The maximum Gasteiger partial charge on any atom is 0.0793 e. The normalized spacial score (nSPS) is 12.6. The Kier molecular flexibility index (Phi) is 3.82. The molecule has 4 heteroatoms. The van der Waals surface area contributed by atoms with Gasteiger partial charge in [-0.2, -0.15) is 5.10 Å². The first-order valence-corrected chi connectivity index (χ1v) is 5.94. The van der Waals surface area contributed by atoms with Crippen molar-refractivity contribution in [2.75, 3.05) is 0 Å². The summed E-state index contributed by atoms with van der Waals surface area (Å²) in [6.45, 7) is 0. The van der Waals surface area contributed by atoms with Gasteiger partial charge in [0.25, 0.3) is 0 Å². The van der Waals surface area contributed by atoms with Crippen LogP contribution in [0.15, 0.2) is 36.7 Å². The molecule has 90 valence electrons. The van der Waals surface area contributed by atoms with Gasteiger partial charge in [0.15, 0.2) is 0 Å². The number of benzene rings is 1. The first kappa shape index (κ1) is 12.1. The minimum Gasteiger partial charge on any atom is -0.388 e. The molecule has 0 aliphatic rings.